The summed E-state index contributed by atoms with van der Waals surface area (Å²) in [6.45, 7) is 16.1. The molecule has 3 aromatic carbocycles. The Hall–Kier alpha value is -2.86. The summed E-state index contributed by atoms with van der Waals surface area (Å²) < 4.78 is 8.48. The summed E-state index contributed by atoms with van der Waals surface area (Å²) in [5.74, 6) is 0.938. The first kappa shape index (κ1) is 41.9. The van der Waals surface area contributed by atoms with E-state index in [-0.39, 0.29) is 10.8 Å². The van der Waals surface area contributed by atoms with Crippen LogP contribution in [0.2, 0.25) is 0 Å². The third kappa shape index (κ3) is 11.1. The monoisotopic (exact) mass is 1090 g/mol. The van der Waals surface area contributed by atoms with Gasteiger partial charge in [-0.2, -0.15) is 0 Å². The fourth-order valence-electron chi connectivity index (χ4n) is 6.05. The van der Waals surface area contributed by atoms with Crippen LogP contribution in [0.15, 0.2) is 106 Å². The Balaban J connectivity index is 1.66. The first-order chi connectivity index (χ1) is 24.4. The van der Waals surface area contributed by atoms with Crippen molar-refractivity contribution < 1.29 is 9.84 Å². The van der Waals surface area contributed by atoms with Gasteiger partial charge in [0.2, 0.25) is 0 Å². The summed E-state index contributed by atoms with van der Waals surface area (Å²) in [6, 6.07) is 20.2. The molecule has 0 unspecified atom stereocenters. The number of anilines is 2. The Morgan fingerprint density at radius 1 is 0.808 bits per heavy atom. The van der Waals surface area contributed by atoms with Gasteiger partial charge in [0.25, 0.3) is 0 Å². The van der Waals surface area contributed by atoms with Gasteiger partial charge < -0.3 is 0 Å². The van der Waals surface area contributed by atoms with Crippen LogP contribution in [0.25, 0.3) is 16.7 Å². The number of unbranched alkanes of at least 4 members (excludes halogenated alkanes) is 1. The molecule has 1 heterocycles. The molecule has 0 spiro atoms. The van der Waals surface area contributed by atoms with Crippen LogP contribution in [0.1, 0.15) is 95.5 Å². The Labute approximate surface area is 346 Å². The molecule has 0 saturated carbocycles. The Bertz CT molecular complexity index is 1910. The van der Waals surface area contributed by atoms with Crippen LogP contribution in [0, 0.1) is 0 Å². The second-order valence-corrected chi connectivity index (χ2v) is 20.1. The number of nitrogens with zero attached hydrogens (tertiary/aromatic N) is 2. The van der Waals surface area contributed by atoms with Gasteiger partial charge in [0.15, 0.2) is 0 Å². The van der Waals surface area contributed by atoms with Gasteiger partial charge in [-0.05, 0) is 0 Å². The third-order valence-corrected chi connectivity index (χ3v) is 12.1. The first-order valence-electron chi connectivity index (χ1n) is 18.1. The number of hydrogen-bond donors (Lipinski definition) is 0. The van der Waals surface area contributed by atoms with E-state index in [1.54, 1.807) is 0 Å². The van der Waals surface area contributed by atoms with Gasteiger partial charge in [0, 0.05) is 0 Å². The van der Waals surface area contributed by atoms with E-state index in [1.807, 2.05) is 0 Å². The van der Waals surface area contributed by atoms with Crippen LogP contribution in [-0.4, -0.2) is 84.8 Å². The van der Waals surface area contributed by atoms with Crippen molar-refractivity contribution in [3.63, 3.8) is 0 Å². The molecule has 4 rings (SSSR count). The van der Waals surface area contributed by atoms with Gasteiger partial charge >= 0.3 is 349 Å². The number of rotatable bonds is 11. The van der Waals surface area contributed by atoms with Crippen molar-refractivity contribution in [1.29, 1.82) is 0 Å². The van der Waals surface area contributed by atoms with Gasteiger partial charge in [-0.1, -0.05) is 0 Å². The van der Waals surface area contributed by atoms with Crippen LogP contribution in [0.5, 0.6) is 5.75 Å². The Morgan fingerprint density at radius 3 is 2.00 bits per heavy atom. The number of allylic oxidation sites excluding steroid dienone is 10. The van der Waals surface area contributed by atoms with Gasteiger partial charge in [-0.3, -0.25) is 0 Å². The van der Waals surface area contributed by atoms with Crippen molar-refractivity contribution in [2.24, 2.45) is 0 Å². The molecule has 0 aromatic heterocycles. The first-order valence-corrected chi connectivity index (χ1v) is 22.0. The molecular formula is C46H57N2O2Pb2+. The fourth-order valence-corrected chi connectivity index (χ4v) is 8.55. The van der Waals surface area contributed by atoms with E-state index in [0.717, 1.165) is 102 Å². The van der Waals surface area contributed by atoms with Crippen LogP contribution < -0.4 is 17.7 Å². The summed E-state index contributed by atoms with van der Waals surface area (Å²) in [5.41, 5.74) is 13.5. The standard InChI is InChI=1S/C46H56N2O2.2Pb/c1-33(38-28-39(45(2,3)4)30-40(29-38)46(5,6)7)34(18-19-37(32-49)35-20-22-41(23-21-35)47(8)9)16-14-12-13-15-17-36-26-27-50-44-31-42(48(10)11)24-25-43(36)44;;/h13,15,17-20,22-26,28-32,49H,12,14,16H2,1-11H3;;/p+1/b15-13-,19-18+,34-33-,36-17+,37-32-;;. The van der Waals surface area contributed by atoms with E-state index < -0.39 is 0 Å². The molecule has 2 N–H and O–H groups in total. The van der Waals surface area contributed by atoms with Gasteiger partial charge in [-0.25, -0.2) is 0 Å². The van der Waals surface area contributed by atoms with Crippen molar-refractivity contribution in [2.75, 3.05) is 38.0 Å². The quantitative estimate of drug-likeness (QED) is 0.0632. The van der Waals surface area contributed by atoms with E-state index in [2.05, 4.69) is 178 Å². The number of benzene rings is 3. The zero-order valence-electron chi connectivity index (χ0n) is 33.2. The van der Waals surface area contributed by atoms with Crippen LogP contribution in [0.4, 0.5) is 11.4 Å². The molecule has 6 radical (unpaired) electrons. The molecule has 270 valence electrons. The summed E-state index contributed by atoms with van der Waals surface area (Å²) in [7, 11) is 8.27. The Morgan fingerprint density at radius 2 is 1.42 bits per heavy atom. The molecular weight excluding hydrogens is 1030 g/mol. The van der Waals surface area contributed by atoms with E-state index in [4.69, 9.17) is 9.84 Å². The third-order valence-electron chi connectivity index (χ3n) is 9.56. The molecule has 0 saturated heterocycles. The average molecular weight is 1080 g/mol. The molecule has 0 atom stereocenters. The molecule has 4 nitrogen and oxygen atoms in total. The molecule has 3 aromatic rings. The summed E-state index contributed by atoms with van der Waals surface area (Å²) in [5, 5.41) is 8.38. The minimum absolute atomic E-state index is 0.0440. The molecule has 52 heavy (non-hydrogen) atoms. The summed E-state index contributed by atoms with van der Waals surface area (Å²) >= 11 is 1.78. The van der Waals surface area contributed by atoms with Crippen LogP contribution in [-0.2, 0) is 10.8 Å². The molecule has 1 aliphatic rings. The summed E-state index contributed by atoms with van der Waals surface area (Å²) in [4.78, 5) is 4.25. The zero-order valence-corrected chi connectivity index (χ0v) is 40.9. The maximum atomic E-state index is 8.38. The fraction of sp³-hybridized carbons (Fsp3) is 0.348. The number of ether oxygens (including phenoxy) is 1. The summed E-state index contributed by atoms with van der Waals surface area (Å²) in [6.07, 6.45) is 17.8. The molecule has 1 aliphatic heterocycles. The average Bonchev–Trinajstić information content (AvgIpc) is 3.07. The predicted molar refractivity (Wildman–Crippen MR) is 230 cm³/mol. The number of fused-ring (bicyclic) bond motifs is 1. The van der Waals surface area contributed by atoms with Crippen LogP contribution in [0.3, 0.4) is 0 Å². The van der Waals surface area contributed by atoms with E-state index in [0.29, 0.717) is 0 Å². The second-order valence-electron chi connectivity index (χ2n) is 16.1. The van der Waals surface area contributed by atoms with Crippen LogP contribution >= 0.6 is 0 Å². The molecule has 0 aliphatic carbocycles. The van der Waals surface area contributed by atoms with Gasteiger partial charge in [0.1, 0.15) is 0 Å². The van der Waals surface area contributed by atoms with Gasteiger partial charge in [-0.15, -0.1) is 0 Å². The SMILES string of the molecule is C/C(=C(/C=C/C(=C/[OH2+])c1ccc(N(C)C)c[c]1[Pb])CCC/C=C\C=C1/C=[C]([Pb])Oc2cc(N(C)C)ccc21)c1cc(C(C)(C)C)cc(C(C)(C)C)c1. The topological polar surface area (TPSA) is 38.6 Å². The van der Waals surface area contributed by atoms with Crippen molar-refractivity contribution in [3.8, 4) is 5.75 Å². The van der Waals surface area contributed by atoms with Crippen molar-refractivity contribution >= 4 is 82.8 Å². The predicted octanol–water partition coefficient (Wildman–Crippen LogP) is 9.52. The minimum atomic E-state index is 0.0440. The van der Waals surface area contributed by atoms with Gasteiger partial charge in [0.05, 0.1) is 0 Å². The van der Waals surface area contributed by atoms with Crippen molar-refractivity contribution in [3.05, 3.63) is 134 Å². The number of hydrogen-bond acceptors (Lipinski definition) is 3. The molecule has 0 bridgehead atoms. The molecule has 6 heteroatoms. The van der Waals surface area contributed by atoms with E-state index >= 15 is 0 Å². The van der Waals surface area contributed by atoms with E-state index in [9.17, 15) is 0 Å². The van der Waals surface area contributed by atoms with E-state index in [1.165, 1.54) is 48.5 Å². The van der Waals surface area contributed by atoms with Crippen molar-refractivity contribution in [2.45, 2.75) is 78.6 Å². The normalized spacial score (nSPS) is 15.1. The zero-order chi connectivity index (χ0) is 38.4. The second kappa shape index (κ2) is 18.0. The Kier molecular flexibility index (Phi) is 14.5. The van der Waals surface area contributed by atoms with Crippen molar-refractivity contribution in [1.82, 2.24) is 0 Å². The molecule has 0 amide bonds. The maximum absolute atomic E-state index is 8.38. The molecule has 0 fully saturated rings.